The van der Waals surface area contributed by atoms with Gasteiger partial charge in [-0.25, -0.2) is 9.59 Å². The van der Waals surface area contributed by atoms with Crippen LogP contribution in [0, 0.1) is 0 Å². The summed E-state index contributed by atoms with van der Waals surface area (Å²) in [5.41, 5.74) is 0.617. The molecule has 82 valence electrons. The molecule has 6 nitrogen and oxygen atoms in total. The van der Waals surface area contributed by atoms with Crippen LogP contribution in [0.1, 0.15) is 11.7 Å². The number of aliphatic hydroxyl groups excluding tert-OH is 2. The zero-order valence-corrected chi connectivity index (χ0v) is 8.12. The molecule has 0 heterocycles. The fraction of sp³-hybridized carbons (Fsp3) is 0.200. The highest BCUT2D eigenvalue weighted by Gasteiger charge is 2.12. The molecule has 0 aliphatic rings. The van der Waals surface area contributed by atoms with Crippen LogP contribution < -0.4 is 0 Å². The monoisotopic (exact) mass is 220 g/mol. The fourth-order valence-electron chi connectivity index (χ4n) is 1.18. The molecule has 0 saturated heterocycles. The van der Waals surface area contributed by atoms with Crippen molar-refractivity contribution in [2.24, 2.45) is 9.98 Å². The lowest BCUT2D eigenvalue weighted by molar-refractivity contribution is 0.0961. The number of carbonyl (C=O) groups excluding carboxylic acids is 2. The van der Waals surface area contributed by atoms with Crippen molar-refractivity contribution in [2.75, 3.05) is 6.61 Å². The number of benzene rings is 1. The van der Waals surface area contributed by atoms with Crippen molar-refractivity contribution in [3.05, 3.63) is 23.8 Å². The highest BCUT2D eigenvalue weighted by atomic mass is 16.3. The van der Waals surface area contributed by atoms with Gasteiger partial charge in [0.25, 0.3) is 0 Å². The van der Waals surface area contributed by atoms with Gasteiger partial charge in [-0.05, 0) is 18.2 Å². The molecule has 16 heavy (non-hydrogen) atoms. The van der Waals surface area contributed by atoms with Gasteiger partial charge < -0.3 is 10.2 Å². The standard InChI is InChI=1S/C10H8N2O4/c13-4-10(16)8-3-7(11-5-14)1-2-9(8)12-6-15/h1-3,10,13,16H,4H2. The van der Waals surface area contributed by atoms with E-state index in [1.165, 1.54) is 30.4 Å². The lowest BCUT2D eigenvalue weighted by Crippen LogP contribution is -2.02. The summed E-state index contributed by atoms with van der Waals surface area (Å²) in [6, 6.07) is 4.14. The van der Waals surface area contributed by atoms with E-state index in [9.17, 15) is 14.7 Å². The molecule has 1 unspecified atom stereocenters. The first-order valence-electron chi connectivity index (χ1n) is 4.31. The average molecular weight is 220 g/mol. The van der Waals surface area contributed by atoms with E-state index >= 15 is 0 Å². The Hall–Kier alpha value is -2.10. The van der Waals surface area contributed by atoms with Gasteiger partial charge >= 0.3 is 0 Å². The maximum Gasteiger partial charge on any atom is 0.240 e. The molecular weight excluding hydrogens is 212 g/mol. The quantitative estimate of drug-likeness (QED) is 0.574. The Morgan fingerprint density at radius 3 is 2.50 bits per heavy atom. The van der Waals surface area contributed by atoms with Crippen LogP contribution in [0.5, 0.6) is 0 Å². The Morgan fingerprint density at radius 1 is 1.25 bits per heavy atom. The Kier molecular flexibility index (Phi) is 4.27. The van der Waals surface area contributed by atoms with E-state index in [1.807, 2.05) is 0 Å². The van der Waals surface area contributed by atoms with Gasteiger partial charge in [-0.2, -0.15) is 9.98 Å². The lowest BCUT2D eigenvalue weighted by Gasteiger charge is -2.09. The molecule has 0 aliphatic carbocycles. The second-order valence-corrected chi connectivity index (χ2v) is 2.85. The van der Waals surface area contributed by atoms with Crippen molar-refractivity contribution in [1.82, 2.24) is 0 Å². The van der Waals surface area contributed by atoms with Crippen LogP contribution in [0.4, 0.5) is 11.4 Å². The molecule has 0 radical (unpaired) electrons. The van der Waals surface area contributed by atoms with Crippen molar-refractivity contribution in [2.45, 2.75) is 6.10 Å². The van der Waals surface area contributed by atoms with Crippen molar-refractivity contribution in [3.8, 4) is 0 Å². The molecular formula is C10H8N2O4. The van der Waals surface area contributed by atoms with Crippen LogP contribution in [0.25, 0.3) is 0 Å². The Balaban J connectivity index is 3.30. The highest BCUT2D eigenvalue weighted by molar-refractivity contribution is 5.61. The molecule has 6 heteroatoms. The average Bonchev–Trinajstić information content (AvgIpc) is 2.31. The number of nitrogens with zero attached hydrogens (tertiary/aromatic N) is 2. The first-order valence-corrected chi connectivity index (χ1v) is 4.31. The molecule has 0 fully saturated rings. The van der Waals surface area contributed by atoms with Crippen LogP contribution in [-0.2, 0) is 9.59 Å². The van der Waals surface area contributed by atoms with Crippen LogP contribution in [0.2, 0.25) is 0 Å². The van der Waals surface area contributed by atoms with Crippen LogP contribution in [0.3, 0.4) is 0 Å². The van der Waals surface area contributed by atoms with E-state index in [-0.39, 0.29) is 16.9 Å². The molecule has 2 N–H and O–H groups in total. The second-order valence-electron chi connectivity index (χ2n) is 2.85. The van der Waals surface area contributed by atoms with Crippen molar-refractivity contribution >= 4 is 23.5 Å². The summed E-state index contributed by atoms with van der Waals surface area (Å²) >= 11 is 0. The lowest BCUT2D eigenvalue weighted by atomic mass is 10.1. The van der Waals surface area contributed by atoms with Gasteiger partial charge in [-0.15, -0.1) is 0 Å². The van der Waals surface area contributed by atoms with E-state index in [0.29, 0.717) is 0 Å². The fourth-order valence-corrected chi connectivity index (χ4v) is 1.18. The van der Waals surface area contributed by atoms with Crippen LogP contribution >= 0.6 is 0 Å². The van der Waals surface area contributed by atoms with Gasteiger partial charge in [-0.1, -0.05) is 0 Å². The van der Waals surface area contributed by atoms with Crippen molar-refractivity contribution < 1.29 is 19.8 Å². The smallest absolute Gasteiger partial charge is 0.240 e. The second kappa shape index (κ2) is 5.70. The summed E-state index contributed by atoms with van der Waals surface area (Å²) in [5.74, 6) is 0. The number of aliphatic hydroxyl groups is 2. The highest BCUT2D eigenvalue weighted by Crippen LogP contribution is 2.29. The number of hydrogen-bond acceptors (Lipinski definition) is 6. The molecule has 1 atom stereocenters. The first-order chi connectivity index (χ1) is 7.72. The third-order valence-electron chi connectivity index (χ3n) is 1.88. The summed E-state index contributed by atoms with van der Waals surface area (Å²) in [7, 11) is 0. The largest absolute Gasteiger partial charge is 0.393 e. The molecule has 0 saturated carbocycles. The van der Waals surface area contributed by atoms with E-state index in [2.05, 4.69) is 9.98 Å². The third kappa shape index (κ3) is 2.70. The summed E-state index contributed by atoms with van der Waals surface area (Å²) in [6.07, 6.45) is 1.47. The van der Waals surface area contributed by atoms with Gasteiger partial charge in [0.2, 0.25) is 12.2 Å². The predicted molar refractivity (Wildman–Crippen MR) is 54.1 cm³/mol. The minimum absolute atomic E-state index is 0.168. The Labute approximate surface area is 90.6 Å². The Morgan fingerprint density at radius 2 is 1.94 bits per heavy atom. The number of hydrogen-bond donors (Lipinski definition) is 2. The molecule has 1 aromatic carbocycles. The van der Waals surface area contributed by atoms with Crippen molar-refractivity contribution in [3.63, 3.8) is 0 Å². The topological polar surface area (TPSA) is 99.3 Å². The summed E-state index contributed by atoms with van der Waals surface area (Å²) in [5, 5.41) is 18.3. The number of rotatable bonds is 4. The summed E-state index contributed by atoms with van der Waals surface area (Å²) in [4.78, 5) is 26.9. The van der Waals surface area contributed by atoms with E-state index in [1.54, 1.807) is 0 Å². The van der Waals surface area contributed by atoms with Gasteiger partial charge in [0.05, 0.1) is 18.0 Å². The zero-order valence-electron chi connectivity index (χ0n) is 8.12. The minimum Gasteiger partial charge on any atom is -0.393 e. The molecule has 0 bridgehead atoms. The normalized spacial score (nSPS) is 11.1. The molecule has 0 amide bonds. The van der Waals surface area contributed by atoms with Crippen LogP contribution in [0.15, 0.2) is 28.2 Å². The van der Waals surface area contributed by atoms with Crippen LogP contribution in [-0.4, -0.2) is 29.0 Å². The van der Waals surface area contributed by atoms with Gasteiger partial charge in [-0.3, -0.25) is 0 Å². The molecule has 1 rings (SSSR count). The SMILES string of the molecule is O=C=Nc1ccc(N=C=O)c(C(O)CO)c1. The molecule has 0 spiro atoms. The first kappa shape index (κ1) is 12.0. The summed E-state index contributed by atoms with van der Waals surface area (Å²) in [6.45, 7) is -0.532. The van der Waals surface area contributed by atoms with E-state index in [0.717, 1.165) is 0 Å². The minimum atomic E-state index is -1.20. The predicted octanol–water partition coefficient (Wildman–Crippen LogP) is 0.647. The number of aliphatic imine (C=N–C) groups is 2. The maximum atomic E-state index is 10.1. The van der Waals surface area contributed by atoms with Gasteiger partial charge in [0.15, 0.2) is 0 Å². The number of isocyanates is 2. The van der Waals surface area contributed by atoms with Gasteiger partial charge in [0.1, 0.15) is 6.10 Å². The molecule has 0 aromatic heterocycles. The zero-order chi connectivity index (χ0) is 12.0. The van der Waals surface area contributed by atoms with E-state index in [4.69, 9.17) is 5.11 Å². The summed E-state index contributed by atoms with van der Waals surface area (Å²) < 4.78 is 0. The van der Waals surface area contributed by atoms with E-state index < -0.39 is 12.7 Å². The maximum absolute atomic E-state index is 10.1. The third-order valence-corrected chi connectivity index (χ3v) is 1.88. The Bertz CT molecular complexity index is 474. The van der Waals surface area contributed by atoms with Gasteiger partial charge in [0, 0.05) is 5.56 Å². The molecule has 0 aliphatic heterocycles. The molecule has 1 aromatic rings. The van der Waals surface area contributed by atoms with Crippen molar-refractivity contribution in [1.29, 1.82) is 0 Å².